The van der Waals surface area contributed by atoms with Crippen LogP contribution in [0.3, 0.4) is 0 Å². The van der Waals surface area contributed by atoms with Crippen LogP contribution in [-0.2, 0) is 11.2 Å². The highest BCUT2D eigenvalue weighted by molar-refractivity contribution is 5.81. The lowest BCUT2D eigenvalue weighted by Crippen LogP contribution is -2.33. The number of anilines is 1. The van der Waals surface area contributed by atoms with E-state index in [0.717, 1.165) is 25.7 Å². The number of hydrogen-bond acceptors (Lipinski definition) is 9. The quantitative estimate of drug-likeness (QED) is 0.371. The number of aliphatic hydroxyl groups is 3. The molecule has 144 valence electrons. The van der Waals surface area contributed by atoms with Gasteiger partial charge >= 0.3 is 0 Å². The highest BCUT2D eigenvalue weighted by atomic mass is 16.6. The number of ether oxygens (including phenoxy) is 1. The van der Waals surface area contributed by atoms with Gasteiger partial charge in [0.1, 0.15) is 30.5 Å². The number of nitrogens with two attached hydrogens (primary N) is 2. The largest absolute Gasteiger partial charge is 0.394 e. The first kappa shape index (κ1) is 18.9. The zero-order chi connectivity index (χ0) is 18.7. The van der Waals surface area contributed by atoms with Gasteiger partial charge in [0.15, 0.2) is 23.2 Å². The average molecular weight is 366 g/mol. The fraction of sp³-hybridized carbons (Fsp3) is 0.688. The van der Waals surface area contributed by atoms with E-state index in [1.807, 2.05) is 0 Å². The summed E-state index contributed by atoms with van der Waals surface area (Å²) in [6.45, 7) is 0.278. The Kier molecular flexibility index (Phi) is 5.99. The number of rotatable bonds is 8. The first-order valence-electron chi connectivity index (χ1n) is 8.88. The molecule has 3 rings (SSSR count). The van der Waals surface area contributed by atoms with E-state index in [1.165, 1.54) is 6.33 Å². The second-order valence-corrected chi connectivity index (χ2v) is 6.51. The summed E-state index contributed by atoms with van der Waals surface area (Å²) >= 11 is 0. The Labute approximate surface area is 150 Å². The van der Waals surface area contributed by atoms with Crippen LogP contribution in [-0.4, -0.2) is 66.3 Å². The van der Waals surface area contributed by atoms with Crippen molar-refractivity contribution in [2.45, 2.75) is 56.6 Å². The van der Waals surface area contributed by atoms with Gasteiger partial charge in [0.05, 0.1) is 6.61 Å². The summed E-state index contributed by atoms with van der Waals surface area (Å²) < 4.78 is 7.32. The summed E-state index contributed by atoms with van der Waals surface area (Å²) in [6, 6.07) is 0. The molecule has 1 aliphatic heterocycles. The molecule has 10 heteroatoms. The molecule has 7 N–H and O–H groups in total. The van der Waals surface area contributed by atoms with Crippen molar-refractivity contribution in [3.05, 3.63) is 12.2 Å². The molecule has 4 atom stereocenters. The molecule has 1 aliphatic rings. The molecule has 0 bridgehead atoms. The molecule has 2 aromatic heterocycles. The third-order valence-electron chi connectivity index (χ3n) is 4.70. The van der Waals surface area contributed by atoms with E-state index < -0.39 is 31.1 Å². The lowest BCUT2D eigenvalue weighted by Gasteiger charge is -2.19. The van der Waals surface area contributed by atoms with E-state index in [-0.39, 0.29) is 5.82 Å². The number of imidazole rings is 1. The first-order chi connectivity index (χ1) is 12.6. The van der Waals surface area contributed by atoms with Crippen LogP contribution >= 0.6 is 0 Å². The third kappa shape index (κ3) is 3.51. The molecular weight excluding hydrogens is 340 g/mol. The Morgan fingerprint density at radius 3 is 2.58 bits per heavy atom. The summed E-state index contributed by atoms with van der Waals surface area (Å²) in [5.74, 6) is 0.889. The van der Waals surface area contributed by atoms with Crippen molar-refractivity contribution in [3.8, 4) is 0 Å². The van der Waals surface area contributed by atoms with Crippen molar-refractivity contribution >= 4 is 17.0 Å². The summed E-state index contributed by atoms with van der Waals surface area (Å²) in [5.41, 5.74) is 12.3. The Balaban J connectivity index is 1.91. The molecule has 0 unspecified atom stereocenters. The summed E-state index contributed by atoms with van der Waals surface area (Å²) in [4.78, 5) is 12.7. The van der Waals surface area contributed by atoms with Gasteiger partial charge in [-0.2, -0.15) is 0 Å². The van der Waals surface area contributed by atoms with E-state index in [2.05, 4.69) is 15.0 Å². The third-order valence-corrected chi connectivity index (χ3v) is 4.70. The Bertz CT molecular complexity index is 739. The van der Waals surface area contributed by atoms with E-state index >= 15 is 0 Å². The Morgan fingerprint density at radius 1 is 1.12 bits per heavy atom. The van der Waals surface area contributed by atoms with Gasteiger partial charge < -0.3 is 31.5 Å². The topological polar surface area (TPSA) is 166 Å². The van der Waals surface area contributed by atoms with Gasteiger partial charge in [-0.15, -0.1) is 0 Å². The normalized spacial score (nSPS) is 26.0. The maximum absolute atomic E-state index is 10.4. The van der Waals surface area contributed by atoms with Crippen molar-refractivity contribution in [3.63, 3.8) is 0 Å². The Hall–Kier alpha value is -1.85. The number of aryl methyl sites for hydroxylation is 1. The predicted molar refractivity (Wildman–Crippen MR) is 94.0 cm³/mol. The highest BCUT2D eigenvalue weighted by Crippen LogP contribution is 2.33. The van der Waals surface area contributed by atoms with Crippen molar-refractivity contribution < 1.29 is 20.1 Å². The molecule has 2 aromatic rings. The van der Waals surface area contributed by atoms with Crippen molar-refractivity contribution in [1.29, 1.82) is 0 Å². The van der Waals surface area contributed by atoms with Crippen LogP contribution in [0.25, 0.3) is 11.2 Å². The summed E-state index contributed by atoms with van der Waals surface area (Å²) in [7, 11) is 0. The number of nitrogens with zero attached hydrogens (tertiary/aromatic N) is 4. The van der Waals surface area contributed by atoms with Crippen LogP contribution in [0.4, 0.5) is 5.82 Å². The number of hydrogen-bond donors (Lipinski definition) is 5. The molecular formula is C16H26N6O4. The predicted octanol–water partition coefficient (Wildman–Crippen LogP) is -0.918. The molecule has 0 aromatic carbocycles. The molecule has 0 amide bonds. The van der Waals surface area contributed by atoms with Crippen LogP contribution in [0.15, 0.2) is 6.33 Å². The van der Waals surface area contributed by atoms with E-state index in [9.17, 15) is 15.3 Å². The lowest BCUT2D eigenvalue weighted by atomic mass is 10.1. The van der Waals surface area contributed by atoms with E-state index in [1.54, 1.807) is 4.57 Å². The zero-order valence-corrected chi connectivity index (χ0v) is 14.5. The monoisotopic (exact) mass is 366 g/mol. The van der Waals surface area contributed by atoms with E-state index in [4.69, 9.17) is 16.2 Å². The number of unbranched alkanes of at least 4 members (excludes halogenated alkanes) is 3. The first-order valence-corrected chi connectivity index (χ1v) is 8.88. The van der Waals surface area contributed by atoms with E-state index in [0.29, 0.717) is 30.0 Å². The van der Waals surface area contributed by atoms with Crippen molar-refractivity contribution in [2.75, 3.05) is 18.9 Å². The smallest absolute Gasteiger partial charge is 0.167 e. The summed E-state index contributed by atoms with van der Waals surface area (Å²) in [5, 5.41) is 29.8. The van der Waals surface area contributed by atoms with Gasteiger partial charge in [-0.3, -0.25) is 4.57 Å². The SMILES string of the molecule is NCCCCCCc1nc2c(N)ncnc2n1[C@@H]1O[C@H](CO)[C@@H](O)[C@H]1O. The van der Waals surface area contributed by atoms with Gasteiger partial charge in [-0.05, 0) is 19.4 Å². The minimum absolute atomic E-state index is 0.241. The standard InChI is InChI=1S/C16H26N6O4/c17-6-4-2-1-3-5-10-21-11-14(18)19-8-20-15(11)22(10)16-13(25)12(24)9(7-23)26-16/h8-9,12-13,16,23-25H,1-7,17H2,(H2,18,19,20)/t9-,12-,13-,16-/m1/s1. The molecule has 0 spiro atoms. The molecule has 1 saturated heterocycles. The summed E-state index contributed by atoms with van der Waals surface area (Å²) in [6.07, 6.45) is 1.66. The molecule has 1 fully saturated rings. The molecule has 0 radical (unpaired) electrons. The maximum atomic E-state index is 10.4. The highest BCUT2D eigenvalue weighted by Gasteiger charge is 2.44. The fourth-order valence-corrected chi connectivity index (χ4v) is 3.29. The van der Waals surface area contributed by atoms with Crippen LogP contribution in [0.5, 0.6) is 0 Å². The van der Waals surface area contributed by atoms with Gasteiger partial charge in [0, 0.05) is 6.42 Å². The van der Waals surface area contributed by atoms with Gasteiger partial charge in [-0.25, -0.2) is 15.0 Å². The van der Waals surface area contributed by atoms with Gasteiger partial charge in [0.25, 0.3) is 0 Å². The number of nitrogen functional groups attached to an aromatic ring is 1. The lowest BCUT2D eigenvalue weighted by molar-refractivity contribution is -0.0523. The minimum atomic E-state index is -1.21. The molecule has 3 heterocycles. The second kappa shape index (κ2) is 8.23. The average Bonchev–Trinajstić information content (AvgIpc) is 3.14. The minimum Gasteiger partial charge on any atom is -0.394 e. The number of aliphatic hydroxyl groups excluding tert-OH is 3. The number of fused-ring (bicyclic) bond motifs is 1. The van der Waals surface area contributed by atoms with Crippen LogP contribution < -0.4 is 11.5 Å². The molecule has 0 aliphatic carbocycles. The molecule has 10 nitrogen and oxygen atoms in total. The number of aromatic nitrogens is 4. The Morgan fingerprint density at radius 2 is 1.88 bits per heavy atom. The molecule has 0 saturated carbocycles. The van der Waals surface area contributed by atoms with Crippen molar-refractivity contribution in [1.82, 2.24) is 19.5 Å². The zero-order valence-electron chi connectivity index (χ0n) is 14.5. The fourth-order valence-electron chi connectivity index (χ4n) is 3.29. The van der Waals surface area contributed by atoms with Gasteiger partial charge in [-0.1, -0.05) is 12.8 Å². The second-order valence-electron chi connectivity index (χ2n) is 6.51. The van der Waals surface area contributed by atoms with Gasteiger partial charge in [0.2, 0.25) is 0 Å². The van der Waals surface area contributed by atoms with Crippen LogP contribution in [0.2, 0.25) is 0 Å². The maximum Gasteiger partial charge on any atom is 0.167 e. The van der Waals surface area contributed by atoms with Crippen LogP contribution in [0, 0.1) is 0 Å². The van der Waals surface area contributed by atoms with Crippen LogP contribution in [0.1, 0.15) is 37.7 Å². The van der Waals surface area contributed by atoms with Crippen molar-refractivity contribution in [2.24, 2.45) is 5.73 Å². The molecule has 26 heavy (non-hydrogen) atoms.